The number of benzene rings is 1. The van der Waals surface area contributed by atoms with Gasteiger partial charge in [0.1, 0.15) is 18.5 Å². The number of pyridine rings is 1. The maximum absolute atomic E-state index is 13.7. The van der Waals surface area contributed by atoms with Crippen molar-refractivity contribution >= 4 is 27.3 Å². The Labute approximate surface area is 196 Å². The van der Waals surface area contributed by atoms with Crippen molar-refractivity contribution in [2.24, 2.45) is 0 Å². The number of fused-ring (bicyclic) bond motifs is 1. The molecule has 11 heteroatoms. The molecule has 184 valence electrons. The number of carbonyl (C=O) groups excluding carboxylic acids is 1. The van der Waals surface area contributed by atoms with Crippen molar-refractivity contribution in [1.29, 1.82) is 0 Å². The Morgan fingerprint density at radius 1 is 1.26 bits per heavy atom. The number of rotatable bonds is 4. The van der Waals surface area contributed by atoms with Gasteiger partial charge in [0, 0.05) is 33.9 Å². The van der Waals surface area contributed by atoms with E-state index in [0.29, 0.717) is 22.4 Å². The van der Waals surface area contributed by atoms with Crippen molar-refractivity contribution < 1.29 is 31.9 Å². The van der Waals surface area contributed by atoms with Crippen LogP contribution in [0.4, 0.5) is 22.0 Å². The molecule has 0 aliphatic carbocycles. The van der Waals surface area contributed by atoms with E-state index in [1.165, 1.54) is 16.5 Å². The molecule has 2 aromatic heterocycles. The molecule has 1 aromatic carbocycles. The lowest BCUT2D eigenvalue weighted by Gasteiger charge is -2.17. The molecule has 0 spiro atoms. The third-order valence-corrected chi connectivity index (χ3v) is 6.47. The number of nitrogens with zero attached hydrogens (tertiary/aromatic N) is 2. The highest BCUT2D eigenvalue weighted by Crippen LogP contribution is 2.38. The molecule has 4 rings (SSSR count). The Balaban J connectivity index is 0.00000158. The van der Waals surface area contributed by atoms with E-state index in [1.54, 1.807) is 0 Å². The topological polar surface area (TPSA) is 62.5 Å². The zero-order chi connectivity index (χ0) is 25.2. The molecule has 1 unspecified atom stereocenters. The normalized spacial score (nSPS) is 16.0. The molecule has 34 heavy (non-hydrogen) atoms. The fourth-order valence-corrected chi connectivity index (χ4v) is 4.87. The maximum atomic E-state index is 13.7. The van der Waals surface area contributed by atoms with E-state index in [4.69, 9.17) is 0 Å². The molecule has 0 bridgehead atoms. The number of thiophene rings is 1. The van der Waals surface area contributed by atoms with E-state index >= 15 is 0 Å². The molecule has 3 heterocycles. The van der Waals surface area contributed by atoms with Crippen LogP contribution in [0.5, 0.6) is 0 Å². The first kappa shape index (κ1) is 25.8. The summed E-state index contributed by atoms with van der Waals surface area (Å²) >= 11 is 1.05. The number of carbonyl (C=O) groups is 1. The first-order chi connectivity index (χ1) is 16.1. The highest BCUT2D eigenvalue weighted by Gasteiger charge is 2.34. The van der Waals surface area contributed by atoms with Crippen LogP contribution >= 0.6 is 11.3 Å². The van der Waals surface area contributed by atoms with Gasteiger partial charge in [-0.25, -0.2) is 8.78 Å². The number of likely N-dealkylation sites (tertiary alicyclic amines) is 1. The molecule has 5 nitrogen and oxygen atoms in total. The summed E-state index contributed by atoms with van der Waals surface area (Å²) in [5, 5.41) is 11.2. The first-order valence-corrected chi connectivity index (χ1v) is 11.5. The molecular weight excluding hydrogens is 479 g/mol. The van der Waals surface area contributed by atoms with E-state index in [2.05, 4.69) is 0 Å². The number of hydrogen-bond acceptors (Lipinski definition) is 4. The lowest BCUT2D eigenvalue weighted by Crippen LogP contribution is -2.35. The van der Waals surface area contributed by atoms with Gasteiger partial charge in [0.15, 0.2) is 0 Å². The van der Waals surface area contributed by atoms with Gasteiger partial charge in [-0.3, -0.25) is 9.59 Å². The van der Waals surface area contributed by atoms with Crippen LogP contribution < -0.4 is 5.56 Å². The smallest absolute Gasteiger partial charge is 0.392 e. The third-order valence-electron chi connectivity index (χ3n) is 5.41. The van der Waals surface area contributed by atoms with Crippen molar-refractivity contribution in [1.82, 2.24) is 9.47 Å². The summed E-state index contributed by atoms with van der Waals surface area (Å²) in [4.78, 5) is 27.0. The summed E-state index contributed by atoms with van der Waals surface area (Å²) in [7, 11) is 0. The molecule has 0 radical (unpaired) electrons. The fraction of sp³-hybridized carbons (Fsp3) is 0.391. The second kappa shape index (κ2) is 10.2. The molecule has 1 aliphatic rings. The van der Waals surface area contributed by atoms with Crippen molar-refractivity contribution in [3.63, 3.8) is 0 Å². The second-order valence-electron chi connectivity index (χ2n) is 7.52. The van der Waals surface area contributed by atoms with Gasteiger partial charge >= 0.3 is 6.18 Å². The predicted octanol–water partition coefficient (Wildman–Crippen LogP) is 4.98. The molecule has 1 saturated heterocycles. The number of alkyl halides is 4. The second-order valence-corrected chi connectivity index (χ2v) is 8.40. The Hall–Kier alpha value is -2.79. The largest absolute Gasteiger partial charge is 0.419 e. The standard InChI is InChI=1S/C21H17F5N2O3S.C2H6/c22-13-3-4-27(7-13)17(30)8-28-6-12(9-29)19-18(20(28)31)14(10-32-19)11-1-2-16(23)15(5-11)21(24,25)26;1-2/h1-2,5-6,10,13,29H,3-4,7-9H2;1-2H3. The lowest BCUT2D eigenvalue weighted by molar-refractivity contribution is -0.140. The van der Waals surface area contributed by atoms with Crippen molar-refractivity contribution in [3.05, 3.63) is 57.1 Å². The van der Waals surface area contributed by atoms with Crippen molar-refractivity contribution in [2.75, 3.05) is 13.1 Å². The highest BCUT2D eigenvalue weighted by atomic mass is 32.1. The molecule has 1 fully saturated rings. The van der Waals surface area contributed by atoms with Crippen molar-refractivity contribution in [2.45, 2.75) is 45.8 Å². The summed E-state index contributed by atoms with van der Waals surface area (Å²) in [5.41, 5.74) is -1.67. The van der Waals surface area contributed by atoms with Crippen LogP contribution in [0.3, 0.4) is 0 Å². The van der Waals surface area contributed by atoms with Crippen LogP contribution in [0, 0.1) is 5.82 Å². The first-order valence-electron chi connectivity index (χ1n) is 10.6. The quantitative estimate of drug-likeness (QED) is 0.512. The van der Waals surface area contributed by atoms with Gasteiger partial charge < -0.3 is 14.6 Å². The molecule has 3 aromatic rings. The van der Waals surface area contributed by atoms with E-state index in [0.717, 1.165) is 22.0 Å². The van der Waals surface area contributed by atoms with E-state index < -0.39 is 48.3 Å². The Bertz CT molecular complexity index is 1250. The van der Waals surface area contributed by atoms with Crippen LogP contribution in [-0.4, -0.2) is 39.7 Å². The molecule has 1 N–H and O–H groups in total. The highest BCUT2D eigenvalue weighted by molar-refractivity contribution is 7.18. The zero-order valence-electron chi connectivity index (χ0n) is 18.5. The zero-order valence-corrected chi connectivity index (χ0v) is 19.3. The summed E-state index contributed by atoms with van der Waals surface area (Å²) in [6, 6.07) is 2.45. The van der Waals surface area contributed by atoms with Crippen LogP contribution in [0.25, 0.3) is 21.2 Å². The van der Waals surface area contributed by atoms with E-state index in [1.807, 2.05) is 13.8 Å². The molecular formula is C23H23F5N2O3S. The summed E-state index contributed by atoms with van der Waals surface area (Å²) in [6.45, 7) is 3.28. The molecule has 0 saturated carbocycles. The van der Waals surface area contributed by atoms with Crippen molar-refractivity contribution in [3.8, 4) is 11.1 Å². The minimum absolute atomic E-state index is 0.0187. The minimum atomic E-state index is -4.92. The monoisotopic (exact) mass is 502 g/mol. The number of hydrogen-bond donors (Lipinski definition) is 1. The average Bonchev–Trinajstić information content (AvgIpc) is 3.44. The number of amides is 1. The SMILES string of the molecule is CC.O=C(Cn1cc(CO)c2scc(-c3ccc(F)c(C(F)(F)F)c3)c2c1=O)N1CCC(F)C1. The number of aliphatic hydroxyl groups excluding tert-OH is 1. The van der Waals surface area contributed by atoms with E-state index in [-0.39, 0.29) is 36.0 Å². The van der Waals surface area contributed by atoms with Gasteiger partial charge in [0.2, 0.25) is 5.91 Å². The van der Waals surface area contributed by atoms with Gasteiger partial charge in [-0.2, -0.15) is 13.2 Å². The molecule has 1 amide bonds. The number of aromatic nitrogens is 1. The Morgan fingerprint density at radius 3 is 2.56 bits per heavy atom. The van der Waals surface area contributed by atoms with Gasteiger partial charge in [0.25, 0.3) is 5.56 Å². The molecule has 1 atom stereocenters. The van der Waals surface area contributed by atoms with Crippen LogP contribution in [0.15, 0.2) is 34.6 Å². The molecule has 1 aliphatic heterocycles. The minimum Gasteiger partial charge on any atom is -0.392 e. The van der Waals surface area contributed by atoms with Crippen LogP contribution in [0.1, 0.15) is 31.4 Å². The van der Waals surface area contributed by atoms with E-state index in [9.17, 15) is 36.6 Å². The van der Waals surface area contributed by atoms with Gasteiger partial charge in [-0.15, -0.1) is 11.3 Å². The van der Waals surface area contributed by atoms with Gasteiger partial charge in [-0.05, 0) is 24.1 Å². The average molecular weight is 503 g/mol. The van der Waals surface area contributed by atoms with Gasteiger partial charge in [-0.1, -0.05) is 19.9 Å². The number of aliphatic hydroxyl groups is 1. The fourth-order valence-electron chi connectivity index (χ4n) is 3.80. The number of halogens is 5. The maximum Gasteiger partial charge on any atom is 0.419 e. The summed E-state index contributed by atoms with van der Waals surface area (Å²) < 4.78 is 68.0. The Kier molecular flexibility index (Phi) is 7.77. The lowest BCUT2D eigenvalue weighted by atomic mass is 10.0. The van der Waals surface area contributed by atoms with Gasteiger partial charge in [0.05, 0.1) is 24.1 Å². The third kappa shape index (κ3) is 5.00. The Morgan fingerprint density at radius 2 is 1.97 bits per heavy atom. The van der Waals surface area contributed by atoms with Crippen LogP contribution in [-0.2, 0) is 24.1 Å². The van der Waals surface area contributed by atoms with Crippen LogP contribution in [0.2, 0.25) is 0 Å². The summed E-state index contributed by atoms with van der Waals surface area (Å²) in [6.07, 6.45) is -4.52. The predicted molar refractivity (Wildman–Crippen MR) is 120 cm³/mol. The summed E-state index contributed by atoms with van der Waals surface area (Å²) in [5.74, 6) is -1.91.